The summed E-state index contributed by atoms with van der Waals surface area (Å²) in [5.41, 5.74) is -0.394. The fourth-order valence-electron chi connectivity index (χ4n) is 3.18. The van der Waals surface area contributed by atoms with Crippen LogP contribution in [-0.2, 0) is 4.74 Å². The van der Waals surface area contributed by atoms with Crippen LogP contribution in [0.15, 0.2) is 0 Å². The van der Waals surface area contributed by atoms with E-state index in [0.717, 1.165) is 32.0 Å². The Morgan fingerprint density at radius 1 is 1.33 bits per heavy atom. The van der Waals surface area contributed by atoms with Gasteiger partial charge in [-0.3, -0.25) is 0 Å². The highest BCUT2D eigenvalue weighted by Gasteiger charge is 2.31. The SMILES string of the molecule is CCC(NCCC1CCN(C(=O)OC(C)(C)C)C1)C1CC1. The molecule has 1 amide bonds. The van der Waals surface area contributed by atoms with Crippen molar-refractivity contribution in [2.45, 2.75) is 71.4 Å². The van der Waals surface area contributed by atoms with Crippen molar-refractivity contribution in [3.63, 3.8) is 0 Å². The molecule has 1 aliphatic heterocycles. The molecule has 2 unspecified atom stereocenters. The Labute approximate surface area is 129 Å². The Kier molecular flexibility index (Phi) is 5.53. The molecule has 1 aliphatic carbocycles. The van der Waals surface area contributed by atoms with Crippen LogP contribution in [0, 0.1) is 11.8 Å². The number of hydrogen-bond acceptors (Lipinski definition) is 3. The van der Waals surface area contributed by atoms with E-state index in [0.29, 0.717) is 12.0 Å². The summed E-state index contributed by atoms with van der Waals surface area (Å²) in [4.78, 5) is 13.9. The van der Waals surface area contributed by atoms with Gasteiger partial charge in [0.15, 0.2) is 0 Å². The lowest BCUT2D eigenvalue weighted by Crippen LogP contribution is -2.36. The number of rotatable bonds is 6. The number of hydrogen-bond donors (Lipinski definition) is 1. The van der Waals surface area contributed by atoms with Crippen LogP contribution in [0.4, 0.5) is 4.79 Å². The van der Waals surface area contributed by atoms with Gasteiger partial charge < -0.3 is 15.0 Å². The van der Waals surface area contributed by atoms with Gasteiger partial charge in [-0.2, -0.15) is 0 Å². The minimum Gasteiger partial charge on any atom is -0.444 e. The van der Waals surface area contributed by atoms with Crippen LogP contribution in [0.2, 0.25) is 0 Å². The minimum absolute atomic E-state index is 0.151. The molecule has 0 aromatic rings. The zero-order chi connectivity index (χ0) is 15.5. The lowest BCUT2D eigenvalue weighted by Gasteiger charge is -2.24. The number of nitrogens with one attached hydrogen (secondary N) is 1. The molecule has 2 rings (SSSR count). The van der Waals surface area contributed by atoms with E-state index < -0.39 is 5.60 Å². The van der Waals surface area contributed by atoms with Gasteiger partial charge in [0.2, 0.25) is 0 Å². The Hall–Kier alpha value is -0.770. The molecule has 0 bridgehead atoms. The fourth-order valence-corrected chi connectivity index (χ4v) is 3.18. The molecule has 4 heteroatoms. The number of ether oxygens (including phenoxy) is 1. The molecule has 4 nitrogen and oxygen atoms in total. The van der Waals surface area contributed by atoms with Crippen molar-refractivity contribution in [1.82, 2.24) is 10.2 Å². The molecule has 2 atom stereocenters. The molecule has 1 saturated heterocycles. The Morgan fingerprint density at radius 3 is 2.62 bits per heavy atom. The second kappa shape index (κ2) is 6.99. The van der Waals surface area contributed by atoms with E-state index in [1.54, 1.807) is 0 Å². The molecule has 0 radical (unpaired) electrons. The molecule has 0 aromatic heterocycles. The maximum Gasteiger partial charge on any atom is 0.410 e. The van der Waals surface area contributed by atoms with Gasteiger partial charge in [0.25, 0.3) is 0 Å². The Bertz CT molecular complexity index is 347. The summed E-state index contributed by atoms with van der Waals surface area (Å²) in [7, 11) is 0. The predicted molar refractivity (Wildman–Crippen MR) is 85.3 cm³/mol. The van der Waals surface area contributed by atoms with Crippen LogP contribution < -0.4 is 5.32 Å². The lowest BCUT2D eigenvalue weighted by molar-refractivity contribution is 0.0287. The number of amides is 1. The predicted octanol–water partition coefficient (Wildman–Crippen LogP) is 3.41. The highest BCUT2D eigenvalue weighted by Crippen LogP contribution is 2.34. The van der Waals surface area contributed by atoms with Gasteiger partial charge >= 0.3 is 6.09 Å². The maximum absolute atomic E-state index is 12.0. The average molecular weight is 296 g/mol. The van der Waals surface area contributed by atoms with Crippen LogP contribution in [0.5, 0.6) is 0 Å². The highest BCUT2D eigenvalue weighted by molar-refractivity contribution is 5.68. The molecule has 1 N–H and O–H groups in total. The second-order valence-corrected chi connectivity index (χ2v) is 7.68. The zero-order valence-corrected chi connectivity index (χ0v) is 14.2. The quantitative estimate of drug-likeness (QED) is 0.816. The topological polar surface area (TPSA) is 41.6 Å². The van der Waals surface area contributed by atoms with E-state index in [-0.39, 0.29) is 6.09 Å². The normalized spacial score (nSPS) is 24.2. The zero-order valence-electron chi connectivity index (χ0n) is 14.2. The van der Waals surface area contributed by atoms with Crippen LogP contribution in [0.1, 0.15) is 59.8 Å². The molecule has 0 aromatic carbocycles. The van der Waals surface area contributed by atoms with Gasteiger partial charge in [-0.25, -0.2) is 4.79 Å². The van der Waals surface area contributed by atoms with Crippen LogP contribution in [0.3, 0.4) is 0 Å². The molecule has 122 valence electrons. The smallest absolute Gasteiger partial charge is 0.410 e. The molecule has 0 spiro atoms. The summed E-state index contributed by atoms with van der Waals surface area (Å²) < 4.78 is 5.44. The van der Waals surface area contributed by atoms with Crippen molar-refractivity contribution >= 4 is 6.09 Å². The van der Waals surface area contributed by atoms with Crippen molar-refractivity contribution in [3.05, 3.63) is 0 Å². The van der Waals surface area contributed by atoms with Gasteiger partial charge in [-0.05, 0) is 71.3 Å². The standard InChI is InChI=1S/C17H32N2O2/c1-5-15(14-6-7-14)18-10-8-13-9-11-19(12-13)16(20)21-17(2,3)4/h13-15,18H,5-12H2,1-4H3. The molecule has 1 saturated carbocycles. The van der Waals surface area contributed by atoms with E-state index in [1.807, 2.05) is 25.7 Å². The van der Waals surface area contributed by atoms with E-state index in [1.165, 1.54) is 25.7 Å². The monoisotopic (exact) mass is 296 g/mol. The summed E-state index contributed by atoms with van der Waals surface area (Å²) in [6.45, 7) is 10.8. The molecular weight excluding hydrogens is 264 g/mol. The van der Waals surface area contributed by atoms with E-state index >= 15 is 0 Å². The summed E-state index contributed by atoms with van der Waals surface area (Å²) in [5, 5.41) is 3.71. The minimum atomic E-state index is -0.394. The van der Waals surface area contributed by atoms with Crippen molar-refractivity contribution in [2.75, 3.05) is 19.6 Å². The third-order valence-electron chi connectivity index (χ3n) is 4.53. The Morgan fingerprint density at radius 2 is 2.05 bits per heavy atom. The van der Waals surface area contributed by atoms with Crippen molar-refractivity contribution < 1.29 is 9.53 Å². The first-order chi connectivity index (χ1) is 9.89. The molecule has 2 fully saturated rings. The second-order valence-electron chi connectivity index (χ2n) is 7.68. The first kappa shape index (κ1) is 16.6. The fraction of sp³-hybridized carbons (Fsp3) is 0.941. The van der Waals surface area contributed by atoms with E-state index in [9.17, 15) is 4.79 Å². The molecule has 1 heterocycles. The van der Waals surface area contributed by atoms with E-state index in [2.05, 4.69) is 12.2 Å². The summed E-state index contributed by atoms with van der Waals surface area (Å²) in [6.07, 6.45) is 6.17. The average Bonchev–Trinajstić information content (AvgIpc) is 3.11. The first-order valence-electron chi connectivity index (χ1n) is 8.60. The van der Waals surface area contributed by atoms with E-state index in [4.69, 9.17) is 4.74 Å². The van der Waals surface area contributed by atoms with Crippen LogP contribution >= 0.6 is 0 Å². The van der Waals surface area contributed by atoms with Crippen LogP contribution in [-0.4, -0.2) is 42.3 Å². The summed E-state index contributed by atoms with van der Waals surface area (Å²) >= 11 is 0. The van der Waals surface area contributed by atoms with Gasteiger partial charge in [-0.15, -0.1) is 0 Å². The summed E-state index contributed by atoms with van der Waals surface area (Å²) in [6, 6.07) is 0.716. The van der Waals surface area contributed by atoms with Gasteiger partial charge in [0.1, 0.15) is 5.60 Å². The number of nitrogens with zero attached hydrogens (tertiary/aromatic N) is 1. The van der Waals surface area contributed by atoms with Crippen molar-refractivity contribution in [1.29, 1.82) is 0 Å². The number of carbonyl (C=O) groups excluding carboxylic acids is 1. The molecular formula is C17H32N2O2. The largest absolute Gasteiger partial charge is 0.444 e. The van der Waals surface area contributed by atoms with Crippen LogP contribution in [0.25, 0.3) is 0 Å². The number of likely N-dealkylation sites (tertiary alicyclic amines) is 1. The third-order valence-corrected chi connectivity index (χ3v) is 4.53. The third kappa shape index (κ3) is 5.50. The highest BCUT2D eigenvalue weighted by atomic mass is 16.6. The first-order valence-corrected chi connectivity index (χ1v) is 8.60. The van der Waals surface area contributed by atoms with Crippen molar-refractivity contribution in [2.24, 2.45) is 11.8 Å². The van der Waals surface area contributed by atoms with Gasteiger partial charge in [0, 0.05) is 19.1 Å². The lowest BCUT2D eigenvalue weighted by atomic mass is 10.0. The van der Waals surface area contributed by atoms with Gasteiger partial charge in [-0.1, -0.05) is 6.92 Å². The number of carbonyl (C=O) groups is 1. The van der Waals surface area contributed by atoms with Crippen molar-refractivity contribution in [3.8, 4) is 0 Å². The molecule has 2 aliphatic rings. The maximum atomic E-state index is 12.0. The molecule has 21 heavy (non-hydrogen) atoms. The van der Waals surface area contributed by atoms with Gasteiger partial charge in [0.05, 0.1) is 0 Å². The summed E-state index contributed by atoms with van der Waals surface area (Å²) in [5.74, 6) is 1.55. The Balaban J connectivity index is 1.64.